The third-order valence-corrected chi connectivity index (χ3v) is 1.35. The van der Waals surface area contributed by atoms with Gasteiger partial charge in [0.15, 0.2) is 0 Å². The Morgan fingerprint density at radius 2 is 2.09 bits per heavy atom. The van der Waals surface area contributed by atoms with E-state index in [1.807, 2.05) is 13.8 Å². The van der Waals surface area contributed by atoms with Crippen molar-refractivity contribution in [3.8, 4) is 0 Å². The topological polar surface area (TPSA) is 41.5 Å². The lowest BCUT2D eigenvalue weighted by molar-refractivity contribution is -0.114. The molecule has 0 radical (unpaired) electrons. The Balaban J connectivity index is 4.03. The lowest BCUT2D eigenvalue weighted by Crippen LogP contribution is -2.27. The molecule has 1 amide bonds. The Hall–Kier alpha value is -0.860. The van der Waals surface area contributed by atoms with Crippen LogP contribution >= 0.6 is 0 Å². The third-order valence-electron chi connectivity index (χ3n) is 1.35. The highest BCUT2D eigenvalue weighted by molar-refractivity contribution is 6.38. The number of aliphatic imine (C=N–C) groups is 1. The fraction of sp³-hybridized carbons (Fsp3) is 0.750. The molecule has 1 N–H and O–H groups in total. The van der Waals surface area contributed by atoms with Crippen LogP contribution in [0.4, 0.5) is 0 Å². The van der Waals surface area contributed by atoms with E-state index in [4.69, 9.17) is 0 Å². The van der Waals surface area contributed by atoms with Crippen molar-refractivity contribution >= 4 is 11.6 Å². The summed E-state index contributed by atoms with van der Waals surface area (Å²) in [5.74, 6) is -0.0547. The van der Waals surface area contributed by atoms with Crippen molar-refractivity contribution in [1.29, 1.82) is 0 Å². The molecule has 0 aromatic heterocycles. The van der Waals surface area contributed by atoms with Crippen LogP contribution in [0.25, 0.3) is 0 Å². The van der Waals surface area contributed by atoms with E-state index in [1.54, 1.807) is 7.05 Å². The summed E-state index contributed by atoms with van der Waals surface area (Å²) in [4.78, 5) is 15.1. The van der Waals surface area contributed by atoms with Crippen LogP contribution in [0, 0.1) is 0 Å². The van der Waals surface area contributed by atoms with Crippen molar-refractivity contribution in [2.75, 3.05) is 13.6 Å². The van der Waals surface area contributed by atoms with E-state index in [0.29, 0.717) is 12.1 Å². The fourth-order valence-corrected chi connectivity index (χ4v) is 0.735. The first-order valence-corrected chi connectivity index (χ1v) is 4.01. The van der Waals surface area contributed by atoms with Gasteiger partial charge in [-0.2, -0.15) is 0 Å². The molecule has 0 rings (SSSR count). The number of rotatable bonds is 4. The monoisotopic (exact) mass is 156 g/mol. The highest BCUT2D eigenvalue weighted by atomic mass is 16.1. The van der Waals surface area contributed by atoms with Crippen LogP contribution in [0.3, 0.4) is 0 Å². The second kappa shape index (κ2) is 5.89. The van der Waals surface area contributed by atoms with Gasteiger partial charge in [0.05, 0.1) is 5.71 Å². The van der Waals surface area contributed by atoms with Crippen LogP contribution < -0.4 is 5.32 Å². The second-order valence-electron chi connectivity index (χ2n) is 2.26. The molecular formula is C8H16N2O. The van der Waals surface area contributed by atoms with Crippen LogP contribution in [-0.4, -0.2) is 25.2 Å². The van der Waals surface area contributed by atoms with Crippen molar-refractivity contribution < 1.29 is 4.79 Å². The Morgan fingerprint density at radius 3 is 2.45 bits per heavy atom. The largest absolute Gasteiger partial charge is 0.354 e. The molecule has 0 unspecified atom stereocenters. The van der Waals surface area contributed by atoms with Crippen molar-refractivity contribution in [1.82, 2.24) is 5.32 Å². The minimum absolute atomic E-state index is 0.0547. The molecule has 0 atom stereocenters. The number of hydrogen-bond donors (Lipinski definition) is 1. The molecule has 0 aromatic carbocycles. The Labute approximate surface area is 67.9 Å². The Morgan fingerprint density at radius 1 is 1.45 bits per heavy atom. The lowest BCUT2D eigenvalue weighted by Gasteiger charge is -2.00. The second-order valence-corrected chi connectivity index (χ2v) is 2.26. The van der Waals surface area contributed by atoms with Gasteiger partial charge < -0.3 is 5.32 Å². The summed E-state index contributed by atoms with van der Waals surface area (Å²) in [6.45, 7) is 4.72. The molecular weight excluding hydrogens is 140 g/mol. The molecule has 64 valence electrons. The zero-order valence-electron chi connectivity index (χ0n) is 7.48. The molecule has 0 bridgehead atoms. The molecule has 0 fully saturated rings. The van der Waals surface area contributed by atoms with E-state index in [0.717, 1.165) is 13.0 Å². The van der Waals surface area contributed by atoms with Gasteiger partial charge in [0, 0.05) is 13.6 Å². The van der Waals surface area contributed by atoms with Gasteiger partial charge in [-0.25, -0.2) is 0 Å². The predicted octanol–water partition coefficient (Wildman–Crippen LogP) is 0.993. The molecule has 0 aromatic rings. The summed E-state index contributed by atoms with van der Waals surface area (Å²) in [7, 11) is 1.62. The number of nitrogens with one attached hydrogen (secondary N) is 1. The molecule has 0 spiro atoms. The molecule has 0 aliphatic carbocycles. The first-order valence-electron chi connectivity index (χ1n) is 4.01. The molecule has 11 heavy (non-hydrogen) atoms. The normalized spacial score (nSPS) is 11.4. The average Bonchev–Trinajstić information content (AvgIpc) is 2.05. The van der Waals surface area contributed by atoms with Crippen molar-refractivity contribution in [3.63, 3.8) is 0 Å². The molecule has 3 heteroatoms. The summed E-state index contributed by atoms with van der Waals surface area (Å²) in [6, 6.07) is 0. The van der Waals surface area contributed by atoms with E-state index < -0.39 is 0 Å². The predicted molar refractivity (Wildman–Crippen MR) is 47.0 cm³/mol. The quantitative estimate of drug-likeness (QED) is 0.606. The van der Waals surface area contributed by atoms with Crippen molar-refractivity contribution in [2.45, 2.75) is 26.7 Å². The highest BCUT2D eigenvalue weighted by Gasteiger charge is 2.04. The lowest BCUT2D eigenvalue weighted by atomic mass is 10.3. The average molecular weight is 156 g/mol. The number of carbonyl (C=O) groups is 1. The van der Waals surface area contributed by atoms with Gasteiger partial charge in [0.2, 0.25) is 0 Å². The number of nitrogens with zero attached hydrogens (tertiary/aromatic N) is 1. The SMILES string of the molecule is CCCN=C(CC)C(=O)NC. The minimum atomic E-state index is -0.0547. The number of amides is 1. The molecule has 0 heterocycles. The molecule has 0 aliphatic rings. The first-order chi connectivity index (χ1) is 5.26. The maximum absolute atomic E-state index is 11.0. The molecule has 0 aliphatic heterocycles. The summed E-state index contributed by atoms with van der Waals surface area (Å²) >= 11 is 0. The summed E-state index contributed by atoms with van der Waals surface area (Å²) in [5.41, 5.74) is 0.648. The van der Waals surface area contributed by atoms with E-state index in [-0.39, 0.29) is 5.91 Å². The summed E-state index contributed by atoms with van der Waals surface area (Å²) in [5, 5.41) is 2.56. The van der Waals surface area contributed by atoms with E-state index in [2.05, 4.69) is 10.3 Å². The van der Waals surface area contributed by atoms with Gasteiger partial charge >= 0.3 is 0 Å². The fourth-order valence-electron chi connectivity index (χ4n) is 0.735. The zero-order valence-corrected chi connectivity index (χ0v) is 7.48. The van der Waals surface area contributed by atoms with Crippen LogP contribution in [0.15, 0.2) is 4.99 Å². The summed E-state index contributed by atoms with van der Waals surface area (Å²) in [6.07, 6.45) is 1.69. The maximum Gasteiger partial charge on any atom is 0.264 e. The smallest absolute Gasteiger partial charge is 0.264 e. The number of carbonyl (C=O) groups excluding carboxylic acids is 1. The van der Waals surface area contributed by atoms with Gasteiger partial charge in [0.1, 0.15) is 0 Å². The van der Waals surface area contributed by atoms with E-state index in [9.17, 15) is 4.79 Å². The van der Waals surface area contributed by atoms with Gasteiger partial charge in [-0.1, -0.05) is 13.8 Å². The Bertz CT molecular complexity index is 152. The highest BCUT2D eigenvalue weighted by Crippen LogP contribution is 1.88. The zero-order chi connectivity index (χ0) is 8.69. The minimum Gasteiger partial charge on any atom is -0.354 e. The van der Waals surface area contributed by atoms with Crippen LogP contribution in [0.5, 0.6) is 0 Å². The molecule has 0 saturated heterocycles. The van der Waals surface area contributed by atoms with E-state index >= 15 is 0 Å². The van der Waals surface area contributed by atoms with Gasteiger partial charge in [0.25, 0.3) is 5.91 Å². The van der Waals surface area contributed by atoms with Gasteiger partial charge in [-0.3, -0.25) is 9.79 Å². The van der Waals surface area contributed by atoms with Crippen molar-refractivity contribution in [2.24, 2.45) is 4.99 Å². The molecule has 0 saturated carbocycles. The van der Waals surface area contributed by atoms with Crippen LogP contribution in [0.1, 0.15) is 26.7 Å². The third kappa shape index (κ3) is 3.75. The van der Waals surface area contributed by atoms with Gasteiger partial charge in [-0.15, -0.1) is 0 Å². The summed E-state index contributed by atoms with van der Waals surface area (Å²) < 4.78 is 0. The van der Waals surface area contributed by atoms with Gasteiger partial charge in [-0.05, 0) is 12.8 Å². The van der Waals surface area contributed by atoms with Crippen molar-refractivity contribution in [3.05, 3.63) is 0 Å². The number of hydrogen-bond acceptors (Lipinski definition) is 2. The van der Waals surface area contributed by atoms with Crippen LogP contribution in [0.2, 0.25) is 0 Å². The molecule has 3 nitrogen and oxygen atoms in total. The van der Waals surface area contributed by atoms with Crippen LogP contribution in [-0.2, 0) is 4.79 Å². The standard InChI is InChI=1S/C8H16N2O/c1-4-6-10-7(5-2)8(11)9-3/h4-6H2,1-3H3,(H,9,11). The Kier molecular flexibility index (Phi) is 5.43. The van der Waals surface area contributed by atoms with E-state index in [1.165, 1.54) is 0 Å². The maximum atomic E-state index is 11.0. The first kappa shape index (κ1) is 10.1.